The third kappa shape index (κ3) is 3.88. The van der Waals surface area contributed by atoms with E-state index in [0.29, 0.717) is 43.7 Å². The fourth-order valence-electron chi connectivity index (χ4n) is 5.10. The highest BCUT2D eigenvalue weighted by Crippen LogP contribution is 2.42. The number of hydrogen-bond donors (Lipinski definition) is 2. The number of hydrogen-bond acceptors (Lipinski definition) is 5. The van der Waals surface area contributed by atoms with Crippen molar-refractivity contribution in [2.75, 3.05) is 13.1 Å². The molecule has 8 heteroatoms. The average Bonchev–Trinajstić information content (AvgIpc) is 3.43. The molecule has 2 aliphatic heterocycles. The van der Waals surface area contributed by atoms with Crippen LogP contribution in [0.25, 0.3) is 0 Å². The zero-order chi connectivity index (χ0) is 20.4. The molecule has 2 N–H and O–H groups in total. The smallest absolute Gasteiger partial charge is 0.256 e. The van der Waals surface area contributed by atoms with Gasteiger partial charge in [0.25, 0.3) is 5.91 Å². The molecule has 0 unspecified atom stereocenters. The van der Waals surface area contributed by atoms with E-state index in [4.69, 9.17) is 0 Å². The SMILES string of the molecule is O=C[C@H](C[C@@H]1CCNC1=O)NC(=O)[C@@H]1[C@H]2CCC[C@H]2CN1C(=O)c1cccnc1. The summed E-state index contributed by atoms with van der Waals surface area (Å²) >= 11 is 0. The Labute approximate surface area is 169 Å². The molecule has 3 fully saturated rings. The molecular formula is C21H26N4O4. The van der Waals surface area contributed by atoms with Gasteiger partial charge < -0.3 is 20.3 Å². The van der Waals surface area contributed by atoms with Crippen molar-refractivity contribution in [2.24, 2.45) is 17.8 Å². The number of pyridine rings is 1. The number of rotatable bonds is 6. The van der Waals surface area contributed by atoms with E-state index in [-0.39, 0.29) is 29.6 Å². The zero-order valence-electron chi connectivity index (χ0n) is 16.3. The number of fused-ring (bicyclic) bond motifs is 1. The lowest BCUT2D eigenvalue weighted by Crippen LogP contribution is -2.51. The molecule has 29 heavy (non-hydrogen) atoms. The van der Waals surface area contributed by atoms with Crippen molar-refractivity contribution in [1.29, 1.82) is 0 Å². The van der Waals surface area contributed by atoms with Gasteiger partial charge in [0.05, 0.1) is 11.6 Å². The first-order valence-corrected chi connectivity index (χ1v) is 10.3. The van der Waals surface area contributed by atoms with Crippen LogP contribution in [0.15, 0.2) is 24.5 Å². The Balaban J connectivity index is 1.49. The minimum absolute atomic E-state index is 0.0730. The third-order valence-electron chi connectivity index (χ3n) is 6.52. The summed E-state index contributed by atoms with van der Waals surface area (Å²) in [6.45, 7) is 1.15. The van der Waals surface area contributed by atoms with Gasteiger partial charge in [-0.15, -0.1) is 0 Å². The van der Waals surface area contributed by atoms with E-state index in [1.54, 1.807) is 23.2 Å². The maximum absolute atomic E-state index is 13.2. The maximum atomic E-state index is 13.2. The van der Waals surface area contributed by atoms with Gasteiger partial charge in [-0.3, -0.25) is 19.4 Å². The number of aromatic nitrogens is 1. The van der Waals surface area contributed by atoms with E-state index in [0.717, 1.165) is 19.3 Å². The van der Waals surface area contributed by atoms with Crippen LogP contribution in [-0.2, 0) is 14.4 Å². The van der Waals surface area contributed by atoms with Crippen molar-refractivity contribution in [3.63, 3.8) is 0 Å². The molecule has 1 aliphatic carbocycles. The van der Waals surface area contributed by atoms with Crippen LogP contribution in [0, 0.1) is 17.8 Å². The summed E-state index contributed by atoms with van der Waals surface area (Å²) in [7, 11) is 0. The summed E-state index contributed by atoms with van der Waals surface area (Å²) in [5, 5.41) is 5.56. The highest BCUT2D eigenvalue weighted by Gasteiger charge is 2.49. The molecule has 0 aromatic carbocycles. The van der Waals surface area contributed by atoms with Crippen LogP contribution in [0.5, 0.6) is 0 Å². The van der Waals surface area contributed by atoms with Gasteiger partial charge in [0.2, 0.25) is 11.8 Å². The van der Waals surface area contributed by atoms with Crippen molar-refractivity contribution in [3.8, 4) is 0 Å². The van der Waals surface area contributed by atoms with E-state index in [1.165, 1.54) is 6.20 Å². The van der Waals surface area contributed by atoms with Crippen molar-refractivity contribution >= 4 is 24.0 Å². The van der Waals surface area contributed by atoms with E-state index < -0.39 is 12.1 Å². The first kappa shape index (κ1) is 19.5. The number of likely N-dealkylation sites (tertiary alicyclic amines) is 1. The summed E-state index contributed by atoms with van der Waals surface area (Å²) < 4.78 is 0. The summed E-state index contributed by atoms with van der Waals surface area (Å²) in [6.07, 6.45) is 7.72. The second-order valence-corrected chi connectivity index (χ2v) is 8.26. The number of aldehydes is 1. The van der Waals surface area contributed by atoms with Crippen LogP contribution in [0.4, 0.5) is 0 Å². The Bertz CT molecular complexity index is 799. The lowest BCUT2D eigenvalue weighted by atomic mass is 9.92. The van der Waals surface area contributed by atoms with Gasteiger partial charge in [-0.05, 0) is 49.7 Å². The van der Waals surface area contributed by atoms with Crippen LogP contribution >= 0.6 is 0 Å². The number of nitrogens with zero attached hydrogens (tertiary/aromatic N) is 2. The second-order valence-electron chi connectivity index (χ2n) is 8.26. The van der Waals surface area contributed by atoms with E-state index in [9.17, 15) is 19.2 Å². The van der Waals surface area contributed by atoms with Gasteiger partial charge in [-0.1, -0.05) is 6.42 Å². The lowest BCUT2D eigenvalue weighted by Gasteiger charge is -2.28. The predicted octanol–water partition coefficient (Wildman–Crippen LogP) is 0.532. The minimum Gasteiger partial charge on any atom is -0.356 e. The Morgan fingerprint density at radius 1 is 1.34 bits per heavy atom. The fourth-order valence-corrected chi connectivity index (χ4v) is 5.10. The highest BCUT2D eigenvalue weighted by molar-refractivity contribution is 5.98. The van der Waals surface area contributed by atoms with Gasteiger partial charge in [0.15, 0.2) is 0 Å². The number of carbonyl (C=O) groups is 4. The topological polar surface area (TPSA) is 108 Å². The van der Waals surface area contributed by atoms with Crippen LogP contribution < -0.4 is 10.6 Å². The minimum atomic E-state index is -0.729. The monoisotopic (exact) mass is 398 g/mol. The summed E-state index contributed by atoms with van der Waals surface area (Å²) in [6, 6.07) is 2.08. The molecule has 0 spiro atoms. The largest absolute Gasteiger partial charge is 0.356 e. The van der Waals surface area contributed by atoms with Crippen molar-refractivity contribution in [2.45, 2.75) is 44.2 Å². The van der Waals surface area contributed by atoms with Gasteiger partial charge in [-0.2, -0.15) is 0 Å². The molecule has 0 radical (unpaired) electrons. The molecule has 3 heterocycles. The molecule has 3 aliphatic rings. The third-order valence-corrected chi connectivity index (χ3v) is 6.52. The molecule has 8 nitrogen and oxygen atoms in total. The molecule has 3 amide bonds. The molecule has 2 saturated heterocycles. The van der Waals surface area contributed by atoms with Gasteiger partial charge >= 0.3 is 0 Å². The van der Waals surface area contributed by atoms with Crippen LogP contribution in [0.3, 0.4) is 0 Å². The first-order valence-electron chi connectivity index (χ1n) is 10.3. The molecule has 154 valence electrons. The Morgan fingerprint density at radius 2 is 2.21 bits per heavy atom. The summed E-state index contributed by atoms with van der Waals surface area (Å²) in [4.78, 5) is 55.3. The van der Waals surface area contributed by atoms with Crippen molar-refractivity contribution < 1.29 is 19.2 Å². The van der Waals surface area contributed by atoms with Crippen LogP contribution in [0.1, 0.15) is 42.5 Å². The van der Waals surface area contributed by atoms with Crippen LogP contribution in [-0.4, -0.2) is 59.1 Å². The van der Waals surface area contributed by atoms with Gasteiger partial charge in [-0.25, -0.2) is 0 Å². The number of nitrogens with one attached hydrogen (secondary N) is 2. The highest BCUT2D eigenvalue weighted by atomic mass is 16.2. The average molecular weight is 398 g/mol. The van der Waals surface area contributed by atoms with Crippen LogP contribution in [0.2, 0.25) is 0 Å². The fraction of sp³-hybridized carbons (Fsp3) is 0.571. The zero-order valence-corrected chi connectivity index (χ0v) is 16.3. The molecular weight excluding hydrogens is 372 g/mol. The molecule has 1 aromatic heterocycles. The Hall–Kier alpha value is -2.77. The molecule has 1 saturated carbocycles. The quantitative estimate of drug-likeness (QED) is 0.680. The molecule has 0 bridgehead atoms. The standard InChI is InChI=1S/C21H26N4O4/c26-12-16(9-13-6-8-23-19(13)27)24-20(28)18-17-5-1-3-15(17)11-25(18)21(29)14-4-2-7-22-10-14/h2,4,7,10,12-13,15-18H,1,3,5-6,8-9,11H2,(H,23,27)(H,24,28)/t13-,15-,16-,17-,18-/m0/s1. The van der Waals surface area contributed by atoms with Gasteiger partial charge in [0, 0.05) is 31.4 Å². The maximum Gasteiger partial charge on any atom is 0.256 e. The van der Waals surface area contributed by atoms with Crippen molar-refractivity contribution in [3.05, 3.63) is 30.1 Å². The van der Waals surface area contributed by atoms with Gasteiger partial charge in [0.1, 0.15) is 12.3 Å². The molecule has 5 atom stereocenters. The second kappa shape index (κ2) is 8.31. The first-order chi connectivity index (χ1) is 14.1. The number of carbonyl (C=O) groups excluding carboxylic acids is 4. The summed E-state index contributed by atoms with van der Waals surface area (Å²) in [5.74, 6) is -0.422. The summed E-state index contributed by atoms with van der Waals surface area (Å²) in [5.41, 5.74) is 0.458. The lowest BCUT2D eigenvalue weighted by molar-refractivity contribution is -0.129. The molecule has 4 rings (SSSR count). The molecule has 1 aromatic rings. The number of amides is 3. The van der Waals surface area contributed by atoms with E-state index in [1.807, 2.05) is 0 Å². The predicted molar refractivity (Wildman–Crippen MR) is 104 cm³/mol. The van der Waals surface area contributed by atoms with E-state index in [2.05, 4.69) is 15.6 Å². The van der Waals surface area contributed by atoms with E-state index >= 15 is 0 Å². The Kier molecular flexibility index (Phi) is 5.60. The normalized spacial score (nSPS) is 29.2. The Morgan fingerprint density at radius 3 is 2.90 bits per heavy atom. The van der Waals surface area contributed by atoms with Crippen molar-refractivity contribution in [1.82, 2.24) is 20.5 Å².